The van der Waals surface area contributed by atoms with Crippen LogP contribution in [0.3, 0.4) is 0 Å². The van der Waals surface area contributed by atoms with Crippen molar-refractivity contribution in [2.45, 2.75) is 103 Å². The molecule has 0 fully saturated rings. The second-order valence-electron chi connectivity index (χ2n) is 7.92. The predicted molar refractivity (Wildman–Crippen MR) is 113 cm³/mol. The second-order valence-corrected chi connectivity index (χ2v) is 7.92. The maximum Gasteiger partial charge on any atom is 0.306 e. The van der Waals surface area contributed by atoms with E-state index >= 15 is 0 Å². The van der Waals surface area contributed by atoms with Crippen molar-refractivity contribution in [3.05, 3.63) is 29.8 Å². The SMILES string of the molecule is CCCCCCCCCCCCCCC(CCc1ccc(O)cc1)C(=O)O. The molecule has 0 saturated carbocycles. The fraction of sp³-hybridized carbons (Fsp3) is 0.708. The van der Waals surface area contributed by atoms with Crippen LogP contribution in [0.15, 0.2) is 24.3 Å². The maximum absolute atomic E-state index is 11.5. The Kier molecular flexibility index (Phi) is 13.5. The molecule has 1 aromatic rings. The summed E-state index contributed by atoms with van der Waals surface area (Å²) in [7, 11) is 0. The molecule has 0 amide bonds. The van der Waals surface area contributed by atoms with Gasteiger partial charge in [-0.05, 0) is 37.0 Å². The van der Waals surface area contributed by atoms with Crippen molar-refractivity contribution in [2.24, 2.45) is 5.92 Å². The molecule has 27 heavy (non-hydrogen) atoms. The van der Waals surface area contributed by atoms with Crippen molar-refractivity contribution in [1.82, 2.24) is 0 Å². The molecule has 1 unspecified atom stereocenters. The molecule has 2 N–H and O–H groups in total. The molecule has 0 heterocycles. The summed E-state index contributed by atoms with van der Waals surface area (Å²) < 4.78 is 0. The van der Waals surface area contributed by atoms with Crippen LogP contribution in [0.25, 0.3) is 0 Å². The van der Waals surface area contributed by atoms with Gasteiger partial charge in [-0.25, -0.2) is 0 Å². The number of hydrogen-bond acceptors (Lipinski definition) is 2. The summed E-state index contributed by atoms with van der Waals surface area (Å²) in [6.07, 6.45) is 17.9. The highest BCUT2D eigenvalue weighted by molar-refractivity contribution is 5.69. The fourth-order valence-corrected chi connectivity index (χ4v) is 3.63. The summed E-state index contributed by atoms with van der Waals surface area (Å²) >= 11 is 0. The molecule has 3 heteroatoms. The maximum atomic E-state index is 11.5. The number of carbonyl (C=O) groups is 1. The van der Waals surface area contributed by atoms with E-state index < -0.39 is 5.97 Å². The largest absolute Gasteiger partial charge is 0.508 e. The third-order valence-corrected chi connectivity index (χ3v) is 5.47. The highest BCUT2D eigenvalue weighted by atomic mass is 16.4. The smallest absolute Gasteiger partial charge is 0.306 e. The van der Waals surface area contributed by atoms with Gasteiger partial charge in [0.15, 0.2) is 0 Å². The lowest BCUT2D eigenvalue weighted by Gasteiger charge is -2.12. The molecule has 0 aliphatic rings. The lowest BCUT2D eigenvalue weighted by atomic mass is 9.93. The van der Waals surface area contributed by atoms with Crippen LogP contribution in [0.5, 0.6) is 5.75 Å². The Balaban J connectivity index is 2.02. The molecule has 0 spiro atoms. The van der Waals surface area contributed by atoms with E-state index in [1.807, 2.05) is 12.1 Å². The Morgan fingerprint density at radius 1 is 0.778 bits per heavy atom. The van der Waals surface area contributed by atoms with E-state index in [0.717, 1.165) is 31.2 Å². The molecule has 0 aromatic heterocycles. The van der Waals surface area contributed by atoms with Crippen molar-refractivity contribution in [1.29, 1.82) is 0 Å². The number of rotatable bonds is 17. The van der Waals surface area contributed by atoms with E-state index in [2.05, 4.69) is 6.92 Å². The van der Waals surface area contributed by atoms with Crippen LogP contribution < -0.4 is 0 Å². The summed E-state index contributed by atoms with van der Waals surface area (Å²) in [5.41, 5.74) is 1.09. The van der Waals surface area contributed by atoms with E-state index in [9.17, 15) is 15.0 Å². The van der Waals surface area contributed by atoms with Crippen LogP contribution in [0.4, 0.5) is 0 Å². The third kappa shape index (κ3) is 12.5. The van der Waals surface area contributed by atoms with Gasteiger partial charge in [0.25, 0.3) is 0 Å². The number of aryl methyl sites for hydroxylation is 1. The van der Waals surface area contributed by atoms with E-state index in [0.29, 0.717) is 6.42 Å². The normalized spacial score (nSPS) is 12.2. The molecule has 3 nitrogen and oxygen atoms in total. The van der Waals surface area contributed by atoms with Crippen LogP contribution >= 0.6 is 0 Å². The first kappa shape index (κ1) is 23.5. The van der Waals surface area contributed by atoms with Crippen molar-refractivity contribution in [2.75, 3.05) is 0 Å². The number of phenols is 1. The number of aromatic hydroxyl groups is 1. The molecule has 1 rings (SSSR count). The van der Waals surface area contributed by atoms with E-state index in [-0.39, 0.29) is 11.7 Å². The lowest BCUT2D eigenvalue weighted by molar-refractivity contribution is -0.142. The molecule has 1 aromatic carbocycles. The minimum absolute atomic E-state index is 0.248. The molecule has 0 aliphatic heterocycles. The molecular weight excluding hydrogens is 336 g/mol. The van der Waals surface area contributed by atoms with Crippen LogP contribution in [0.2, 0.25) is 0 Å². The third-order valence-electron chi connectivity index (χ3n) is 5.47. The zero-order valence-electron chi connectivity index (χ0n) is 17.3. The summed E-state index contributed by atoms with van der Waals surface area (Å²) in [5.74, 6) is -0.663. The summed E-state index contributed by atoms with van der Waals surface area (Å²) in [5, 5.41) is 18.7. The zero-order valence-corrected chi connectivity index (χ0v) is 17.3. The Labute approximate surface area is 166 Å². The first-order valence-electron chi connectivity index (χ1n) is 11.1. The van der Waals surface area contributed by atoms with Gasteiger partial charge < -0.3 is 10.2 Å². The van der Waals surface area contributed by atoms with Crippen molar-refractivity contribution >= 4 is 5.97 Å². The first-order chi connectivity index (χ1) is 13.1. The Morgan fingerprint density at radius 3 is 1.74 bits per heavy atom. The van der Waals surface area contributed by atoms with Gasteiger partial charge in [-0.3, -0.25) is 4.79 Å². The summed E-state index contributed by atoms with van der Waals surface area (Å²) in [4.78, 5) is 11.5. The highest BCUT2D eigenvalue weighted by Gasteiger charge is 2.16. The molecule has 1 atom stereocenters. The predicted octanol–water partition coefficient (Wildman–Crippen LogP) is 7.12. The topological polar surface area (TPSA) is 57.5 Å². The number of aliphatic carboxylic acids is 1. The molecule has 154 valence electrons. The minimum Gasteiger partial charge on any atom is -0.508 e. The van der Waals surface area contributed by atoms with E-state index in [1.165, 1.54) is 64.2 Å². The molecule has 0 bridgehead atoms. The van der Waals surface area contributed by atoms with Crippen molar-refractivity contribution in [3.8, 4) is 5.75 Å². The fourth-order valence-electron chi connectivity index (χ4n) is 3.63. The van der Waals surface area contributed by atoms with Gasteiger partial charge in [0.1, 0.15) is 5.75 Å². The average Bonchev–Trinajstić information content (AvgIpc) is 2.66. The second kappa shape index (κ2) is 15.5. The zero-order chi connectivity index (χ0) is 19.7. The quantitative estimate of drug-likeness (QED) is 0.285. The van der Waals surface area contributed by atoms with Gasteiger partial charge in [0, 0.05) is 0 Å². The van der Waals surface area contributed by atoms with Gasteiger partial charge in [0.05, 0.1) is 5.92 Å². The standard InChI is InChI=1S/C24H40O3/c1-2-3-4-5-6-7-8-9-10-11-12-13-14-22(24(26)27)18-15-21-16-19-23(25)20-17-21/h16-17,19-20,22,25H,2-15,18H2,1H3,(H,26,27). The number of hydrogen-bond donors (Lipinski definition) is 2. The van der Waals surface area contributed by atoms with E-state index in [1.54, 1.807) is 12.1 Å². The van der Waals surface area contributed by atoms with E-state index in [4.69, 9.17) is 0 Å². The number of carboxylic acid groups (broad SMARTS) is 1. The van der Waals surface area contributed by atoms with Gasteiger partial charge >= 0.3 is 5.97 Å². The van der Waals surface area contributed by atoms with Crippen molar-refractivity contribution in [3.63, 3.8) is 0 Å². The summed E-state index contributed by atoms with van der Waals surface area (Å²) in [6, 6.07) is 7.07. The minimum atomic E-state index is -0.670. The van der Waals surface area contributed by atoms with Crippen LogP contribution in [-0.2, 0) is 11.2 Å². The number of phenolic OH excluding ortho intramolecular Hbond substituents is 1. The Hall–Kier alpha value is -1.51. The monoisotopic (exact) mass is 376 g/mol. The Morgan fingerprint density at radius 2 is 1.26 bits per heavy atom. The number of unbranched alkanes of at least 4 members (excludes halogenated alkanes) is 11. The number of carboxylic acids is 1. The van der Waals surface area contributed by atoms with Crippen LogP contribution in [-0.4, -0.2) is 16.2 Å². The Bertz CT molecular complexity index is 481. The average molecular weight is 377 g/mol. The van der Waals surface area contributed by atoms with Crippen LogP contribution in [0, 0.1) is 5.92 Å². The van der Waals surface area contributed by atoms with Gasteiger partial charge in [-0.2, -0.15) is 0 Å². The molecule has 0 aliphatic carbocycles. The van der Waals surface area contributed by atoms with Gasteiger partial charge in [-0.15, -0.1) is 0 Å². The highest BCUT2D eigenvalue weighted by Crippen LogP contribution is 2.20. The van der Waals surface area contributed by atoms with Gasteiger partial charge in [-0.1, -0.05) is 96.1 Å². The number of benzene rings is 1. The van der Waals surface area contributed by atoms with Crippen molar-refractivity contribution < 1.29 is 15.0 Å². The summed E-state index contributed by atoms with van der Waals surface area (Å²) in [6.45, 7) is 2.26. The van der Waals surface area contributed by atoms with Gasteiger partial charge in [0.2, 0.25) is 0 Å². The molecular formula is C24H40O3. The van der Waals surface area contributed by atoms with Crippen LogP contribution in [0.1, 0.15) is 102 Å². The molecule has 0 radical (unpaired) electrons. The lowest BCUT2D eigenvalue weighted by Crippen LogP contribution is -2.14. The molecule has 0 saturated heterocycles. The first-order valence-corrected chi connectivity index (χ1v) is 11.1.